The van der Waals surface area contributed by atoms with Gasteiger partial charge in [0.2, 0.25) is 18.9 Å². The van der Waals surface area contributed by atoms with Gasteiger partial charge in [-0.1, -0.05) is 302 Å². The summed E-state index contributed by atoms with van der Waals surface area (Å²) < 4.78 is 55.5. The van der Waals surface area contributed by atoms with E-state index in [2.05, 4.69) is 319 Å². The average molecular weight is 1480 g/mol. The van der Waals surface area contributed by atoms with Crippen molar-refractivity contribution in [2.45, 2.75) is 293 Å². The number of rotatable bonds is 31. The Morgan fingerprint density at radius 2 is 0.725 bits per heavy atom. The molecule has 3 aliphatic rings. The summed E-state index contributed by atoms with van der Waals surface area (Å²) in [5, 5.41) is 0. The fraction of sp³-hybridized carbons (Fsp3) is 0.520. The van der Waals surface area contributed by atoms with Crippen LogP contribution in [0.15, 0.2) is 206 Å². The van der Waals surface area contributed by atoms with Gasteiger partial charge in [-0.25, -0.2) is 0 Å². The predicted octanol–water partition coefficient (Wildman–Crippen LogP) is 27.3. The maximum absolute atomic E-state index is 6.86. The van der Waals surface area contributed by atoms with Gasteiger partial charge in [-0.15, -0.1) is 0 Å². The normalized spacial score (nSPS) is 16.5. The van der Waals surface area contributed by atoms with E-state index < -0.39 is 6.29 Å². The van der Waals surface area contributed by atoms with Crippen molar-refractivity contribution in [3.05, 3.63) is 251 Å². The minimum absolute atomic E-state index is 0.153. The summed E-state index contributed by atoms with van der Waals surface area (Å²) in [6.07, 6.45) is 15.7. The molecular formula is C100H138O9. The van der Waals surface area contributed by atoms with Crippen LogP contribution in [-0.2, 0) is 29.1 Å². The van der Waals surface area contributed by atoms with E-state index in [1.807, 2.05) is 12.1 Å². The summed E-state index contributed by atoms with van der Waals surface area (Å²) in [6.45, 7) is 42.4. The molecule has 0 aromatic heterocycles. The Hall–Kier alpha value is -7.24. The summed E-state index contributed by atoms with van der Waals surface area (Å²) in [4.78, 5) is 0. The lowest BCUT2D eigenvalue weighted by molar-refractivity contribution is -0.155. The third-order valence-electron chi connectivity index (χ3n) is 22.1. The van der Waals surface area contributed by atoms with Crippen LogP contribution < -0.4 is 18.9 Å². The van der Waals surface area contributed by atoms with Crippen LogP contribution in [0.25, 0.3) is 11.1 Å². The zero-order chi connectivity index (χ0) is 78.6. The highest BCUT2D eigenvalue weighted by Gasteiger charge is 2.36. The molecule has 8 aromatic carbocycles. The van der Waals surface area contributed by atoms with E-state index >= 15 is 0 Å². The van der Waals surface area contributed by atoms with Crippen molar-refractivity contribution in [2.75, 3.05) is 26.9 Å². The van der Waals surface area contributed by atoms with Crippen molar-refractivity contribution in [1.82, 2.24) is 0 Å². The molecule has 0 radical (unpaired) electrons. The molecule has 0 spiro atoms. The van der Waals surface area contributed by atoms with Gasteiger partial charge in [0.1, 0.15) is 23.0 Å². The van der Waals surface area contributed by atoms with Crippen molar-refractivity contribution in [1.29, 1.82) is 0 Å². The first kappa shape index (κ1) is 87.3. The molecule has 9 heteroatoms. The molecule has 2 fully saturated rings. The molecule has 0 amide bonds. The van der Waals surface area contributed by atoms with Gasteiger partial charge in [0.05, 0.1) is 18.8 Å². The van der Waals surface area contributed by atoms with E-state index in [-0.39, 0.29) is 52.6 Å². The first-order valence-electron chi connectivity index (χ1n) is 41.6. The summed E-state index contributed by atoms with van der Waals surface area (Å²) in [5.74, 6) is 5.98. The molecule has 8 unspecified atom stereocenters. The molecule has 11 rings (SSSR count). The van der Waals surface area contributed by atoms with E-state index in [1.54, 1.807) is 7.11 Å². The van der Waals surface area contributed by atoms with E-state index in [4.69, 9.17) is 42.6 Å². The van der Waals surface area contributed by atoms with Gasteiger partial charge in [-0.05, 0) is 195 Å². The summed E-state index contributed by atoms with van der Waals surface area (Å²) in [7, 11) is 1.70. The van der Waals surface area contributed by atoms with Crippen molar-refractivity contribution in [3.63, 3.8) is 0 Å². The van der Waals surface area contributed by atoms with E-state index in [0.29, 0.717) is 42.8 Å². The van der Waals surface area contributed by atoms with Crippen LogP contribution >= 0.6 is 0 Å². The molecular weight excluding hydrogens is 1350 g/mol. The van der Waals surface area contributed by atoms with Crippen molar-refractivity contribution in [3.8, 4) is 34.1 Å². The Kier molecular flexibility index (Phi) is 34.4. The molecule has 109 heavy (non-hydrogen) atoms. The van der Waals surface area contributed by atoms with E-state index in [9.17, 15) is 0 Å². The Balaban J connectivity index is 0.000000193. The van der Waals surface area contributed by atoms with Crippen LogP contribution in [0.1, 0.15) is 295 Å². The lowest BCUT2D eigenvalue weighted by atomic mass is 9.73. The quantitative estimate of drug-likeness (QED) is 0.0395. The zero-order valence-corrected chi connectivity index (χ0v) is 70.4. The van der Waals surface area contributed by atoms with Crippen LogP contribution in [0.2, 0.25) is 0 Å². The summed E-state index contributed by atoms with van der Waals surface area (Å²) >= 11 is 0. The first-order valence-corrected chi connectivity index (χ1v) is 41.6. The van der Waals surface area contributed by atoms with Crippen LogP contribution in [0.3, 0.4) is 0 Å². The van der Waals surface area contributed by atoms with E-state index in [0.717, 1.165) is 94.0 Å². The molecule has 2 aliphatic carbocycles. The maximum Gasteiger partial charge on any atom is 0.201 e. The lowest BCUT2D eigenvalue weighted by Gasteiger charge is -2.35. The molecule has 1 heterocycles. The fourth-order valence-corrected chi connectivity index (χ4v) is 14.5. The smallest absolute Gasteiger partial charge is 0.201 e. The van der Waals surface area contributed by atoms with Gasteiger partial charge >= 0.3 is 0 Å². The molecule has 592 valence electrons. The van der Waals surface area contributed by atoms with Gasteiger partial charge in [-0.3, -0.25) is 0 Å². The maximum atomic E-state index is 6.86. The SMILES string of the molecule is CCC(C)c1ccc(OC(CC(C)(C)C)OC)cc1.CCC(C)c1ccc(OC(CC(C)(C)C)OC2CCOCC2)cc1.CCC(C)c1ccc(OC(CC(C)(c2ccccc2)c2ccccc2)OCC2c3ccccc3-c3ccccc32)cc1.CCC(C)c1cccc(OC(CC(C)(C)C)OC2CCCCC2)c1. The Labute approximate surface area is 660 Å². The lowest BCUT2D eigenvalue weighted by Crippen LogP contribution is -2.34. The van der Waals surface area contributed by atoms with Gasteiger partial charge in [0.15, 0.2) is 6.29 Å². The summed E-state index contributed by atoms with van der Waals surface area (Å²) in [6, 6.07) is 72.9. The standard InChI is InChI=1S/C40H40O2.C22H36O2.C21H34O3.C17H28O2/c1-4-29(2)30-23-25-33(26-24-30)42-39(27-40(3,31-15-7-5-8-16-31)32-17-9-6-10-18-32)41-28-38-36-21-13-11-19-34(36)35-20-12-14-22-37(35)38;1-6-17(2)18-11-10-14-20(15-18)24-21(16-22(3,4)5)23-19-12-8-7-9-13-19;1-6-16(2)17-7-9-18(10-8-17)23-20(15-21(3,4)5)24-19-11-13-22-14-12-19;1-7-13(2)14-8-10-15(11-9-14)19-16(18-6)12-17(3,4)5/h5-26,29,38-39H,4,27-28H2,1-3H3;10-11,14-15,17,19,21H,6-9,12-13,16H2,1-5H3;7-10,16,19-20H,6,11-15H2,1-5H3;8-11,13,16H,7,12H2,1-6H3. The monoisotopic (exact) mass is 1480 g/mol. The number of benzene rings is 8. The number of hydrogen-bond donors (Lipinski definition) is 0. The van der Waals surface area contributed by atoms with Crippen molar-refractivity contribution in [2.24, 2.45) is 16.2 Å². The molecule has 1 aliphatic heterocycles. The second kappa shape index (κ2) is 43.0. The molecule has 1 saturated heterocycles. The van der Waals surface area contributed by atoms with Gasteiger partial charge in [-0.2, -0.15) is 0 Å². The predicted molar refractivity (Wildman–Crippen MR) is 454 cm³/mol. The van der Waals surface area contributed by atoms with Crippen LogP contribution in [0, 0.1) is 16.2 Å². The minimum Gasteiger partial charge on any atom is -0.465 e. The Morgan fingerprint density at radius 3 is 1.14 bits per heavy atom. The number of methoxy groups -OCH3 is 1. The topological polar surface area (TPSA) is 83.1 Å². The average Bonchev–Trinajstić information content (AvgIpc) is 1.63. The number of hydrogen-bond acceptors (Lipinski definition) is 9. The Morgan fingerprint density at radius 1 is 0.358 bits per heavy atom. The summed E-state index contributed by atoms with van der Waals surface area (Å²) in [5.41, 5.74) is 13.4. The molecule has 8 aromatic rings. The second-order valence-corrected chi connectivity index (χ2v) is 34.9. The van der Waals surface area contributed by atoms with Gasteiger partial charge in [0, 0.05) is 57.3 Å². The molecule has 0 bridgehead atoms. The second-order valence-electron chi connectivity index (χ2n) is 34.9. The third kappa shape index (κ3) is 28.5. The van der Waals surface area contributed by atoms with Crippen LogP contribution in [0.5, 0.6) is 23.0 Å². The highest BCUT2D eigenvalue weighted by molar-refractivity contribution is 5.78. The Bertz CT molecular complexity index is 3730. The van der Waals surface area contributed by atoms with Gasteiger partial charge in [0.25, 0.3) is 0 Å². The van der Waals surface area contributed by atoms with Crippen molar-refractivity contribution < 1.29 is 42.6 Å². The number of ether oxygens (including phenoxy) is 9. The minimum atomic E-state index is -0.454. The highest BCUT2D eigenvalue weighted by atomic mass is 16.7. The molecule has 8 atom stereocenters. The van der Waals surface area contributed by atoms with Gasteiger partial charge < -0.3 is 42.6 Å². The third-order valence-corrected chi connectivity index (χ3v) is 22.1. The largest absolute Gasteiger partial charge is 0.465 e. The molecule has 9 nitrogen and oxygen atoms in total. The highest BCUT2D eigenvalue weighted by Crippen LogP contribution is 2.46. The number of fused-ring (bicyclic) bond motifs is 3. The first-order chi connectivity index (χ1) is 52.2. The zero-order valence-electron chi connectivity index (χ0n) is 70.4. The van der Waals surface area contributed by atoms with Crippen LogP contribution in [0.4, 0.5) is 0 Å². The molecule has 0 N–H and O–H groups in total. The van der Waals surface area contributed by atoms with E-state index in [1.165, 1.54) is 87.7 Å². The molecule has 1 saturated carbocycles. The van der Waals surface area contributed by atoms with Crippen LogP contribution in [-0.4, -0.2) is 64.3 Å². The fourth-order valence-electron chi connectivity index (χ4n) is 14.5. The van der Waals surface area contributed by atoms with Crippen molar-refractivity contribution >= 4 is 0 Å².